The van der Waals surface area contributed by atoms with E-state index in [1.165, 1.54) is 0 Å². The van der Waals surface area contributed by atoms with Crippen molar-refractivity contribution in [3.8, 4) is 0 Å². The molecule has 0 spiro atoms. The molecule has 3 rings (SSSR count). The summed E-state index contributed by atoms with van der Waals surface area (Å²) in [6.07, 6.45) is 1.90. The van der Waals surface area contributed by atoms with Crippen LogP contribution in [0.3, 0.4) is 0 Å². The third kappa shape index (κ3) is 2.82. The molecule has 1 atom stereocenters. The minimum absolute atomic E-state index is 0.00307. The number of halogens is 1. The summed E-state index contributed by atoms with van der Waals surface area (Å²) in [5.41, 5.74) is 2.84. The zero-order valence-electron chi connectivity index (χ0n) is 11.8. The van der Waals surface area contributed by atoms with Crippen LogP contribution in [0.1, 0.15) is 39.7 Å². The first kappa shape index (κ1) is 14.2. The Bertz CT molecular complexity index is 666. The lowest BCUT2D eigenvalue weighted by Gasteiger charge is -2.16. The van der Waals surface area contributed by atoms with Crippen LogP contribution in [0.2, 0.25) is 5.22 Å². The summed E-state index contributed by atoms with van der Waals surface area (Å²) in [4.78, 5) is 12.1. The van der Waals surface area contributed by atoms with Crippen LogP contribution in [0.25, 0.3) is 0 Å². The normalized spacial score (nSPS) is 16.0. The second-order valence-electron chi connectivity index (χ2n) is 5.14. The Kier molecular flexibility index (Phi) is 3.99. The van der Waals surface area contributed by atoms with E-state index in [1.54, 1.807) is 6.07 Å². The molecule has 2 aromatic rings. The van der Waals surface area contributed by atoms with Gasteiger partial charge in [-0.1, -0.05) is 12.1 Å². The molecule has 4 nitrogen and oxygen atoms in total. The van der Waals surface area contributed by atoms with Crippen molar-refractivity contribution in [2.45, 2.75) is 18.9 Å². The van der Waals surface area contributed by atoms with Gasteiger partial charge < -0.3 is 15.1 Å². The van der Waals surface area contributed by atoms with Gasteiger partial charge in [-0.2, -0.15) is 0 Å². The summed E-state index contributed by atoms with van der Waals surface area (Å²) in [6.45, 7) is 0.728. The predicted octanol–water partition coefficient (Wildman–Crippen LogP) is 2.92. The number of fused-ring (bicyclic) bond motifs is 1. The van der Waals surface area contributed by atoms with E-state index >= 15 is 0 Å². The molecule has 1 aliphatic rings. The van der Waals surface area contributed by atoms with Crippen LogP contribution < -0.4 is 10.6 Å². The van der Waals surface area contributed by atoms with Crippen LogP contribution in [-0.2, 0) is 6.42 Å². The molecule has 0 saturated heterocycles. The largest absolute Gasteiger partial charge is 0.448 e. The van der Waals surface area contributed by atoms with E-state index in [-0.39, 0.29) is 11.9 Å². The van der Waals surface area contributed by atoms with E-state index in [0.717, 1.165) is 41.8 Å². The van der Waals surface area contributed by atoms with Crippen molar-refractivity contribution in [2.24, 2.45) is 0 Å². The Morgan fingerprint density at radius 3 is 2.90 bits per heavy atom. The van der Waals surface area contributed by atoms with E-state index in [4.69, 9.17) is 16.0 Å². The average Bonchev–Trinajstić information content (AvgIpc) is 2.82. The first-order chi connectivity index (χ1) is 10.2. The molecule has 0 fully saturated rings. The summed E-state index contributed by atoms with van der Waals surface area (Å²) in [6, 6.07) is 9.44. The molecular formula is C16H17ClN2O2. The summed E-state index contributed by atoms with van der Waals surface area (Å²) < 4.78 is 5.49. The molecule has 1 aromatic heterocycles. The molecule has 2 heterocycles. The molecule has 1 unspecified atom stereocenters. The van der Waals surface area contributed by atoms with E-state index < -0.39 is 0 Å². The van der Waals surface area contributed by atoms with Gasteiger partial charge in [0.2, 0.25) is 0 Å². The molecular weight excluding hydrogens is 288 g/mol. The Morgan fingerprint density at radius 2 is 2.19 bits per heavy atom. The molecule has 1 aliphatic heterocycles. The van der Waals surface area contributed by atoms with Crippen molar-refractivity contribution in [2.75, 3.05) is 13.6 Å². The van der Waals surface area contributed by atoms with E-state index in [9.17, 15) is 4.79 Å². The summed E-state index contributed by atoms with van der Waals surface area (Å²) in [5.74, 6) is 0.730. The first-order valence-electron chi connectivity index (χ1n) is 7.02. The second kappa shape index (κ2) is 5.92. The maximum absolute atomic E-state index is 12.1. The number of nitrogens with one attached hydrogen (secondary N) is 2. The lowest BCUT2D eigenvalue weighted by atomic mass is 9.96. The third-order valence-corrected chi connectivity index (χ3v) is 3.99. The van der Waals surface area contributed by atoms with Gasteiger partial charge in [0.25, 0.3) is 5.91 Å². The van der Waals surface area contributed by atoms with Crippen LogP contribution in [0.5, 0.6) is 0 Å². The first-order valence-corrected chi connectivity index (χ1v) is 7.40. The van der Waals surface area contributed by atoms with Crippen LogP contribution in [0.15, 0.2) is 34.7 Å². The Balaban J connectivity index is 2.00. The van der Waals surface area contributed by atoms with Crippen LogP contribution in [0.4, 0.5) is 0 Å². The molecule has 0 aliphatic carbocycles. The lowest BCUT2D eigenvalue weighted by Crippen LogP contribution is -2.23. The van der Waals surface area contributed by atoms with Crippen molar-refractivity contribution in [3.05, 3.63) is 58.0 Å². The topological polar surface area (TPSA) is 54.3 Å². The number of amides is 1. The Labute approximate surface area is 128 Å². The van der Waals surface area contributed by atoms with Gasteiger partial charge in [0.05, 0.1) is 6.04 Å². The average molecular weight is 305 g/mol. The van der Waals surface area contributed by atoms with Gasteiger partial charge in [-0.15, -0.1) is 0 Å². The standard InChI is InChI=1S/C16H17ClN2O2/c1-18-15(13-6-7-14(17)21-13)11-5-4-10-3-2-8-19-16(20)12(10)9-11/h4-7,9,15,18H,2-3,8H2,1H3,(H,19,20). The van der Waals surface area contributed by atoms with Gasteiger partial charge in [-0.3, -0.25) is 4.79 Å². The smallest absolute Gasteiger partial charge is 0.251 e. The van der Waals surface area contributed by atoms with Gasteiger partial charge in [0.15, 0.2) is 5.22 Å². The van der Waals surface area contributed by atoms with Gasteiger partial charge in [0, 0.05) is 12.1 Å². The highest BCUT2D eigenvalue weighted by Crippen LogP contribution is 2.28. The van der Waals surface area contributed by atoms with Gasteiger partial charge in [0.1, 0.15) is 5.76 Å². The number of hydrogen-bond donors (Lipinski definition) is 2. The Morgan fingerprint density at radius 1 is 1.33 bits per heavy atom. The molecule has 2 N–H and O–H groups in total. The van der Waals surface area contributed by atoms with Crippen molar-refractivity contribution < 1.29 is 9.21 Å². The fourth-order valence-corrected chi connectivity index (χ4v) is 2.89. The molecule has 110 valence electrons. The molecule has 0 saturated carbocycles. The van der Waals surface area contributed by atoms with Gasteiger partial charge >= 0.3 is 0 Å². The van der Waals surface area contributed by atoms with Crippen LogP contribution in [0, 0.1) is 0 Å². The van der Waals surface area contributed by atoms with Crippen molar-refractivity contribution in [3.63, 3.8) is 0 Å². The SMILES string of the molecule is CNC(c1ccc2c(c1)C(=O)NCCC2)c1ccc(Cl)o1. The highest BCUT2D eigenvalue weighted by Gasteiger charge is 2.20. The highest BCUT2D eigenvalue weighted by molar-refractivity contribution is 6.28. The Hall–Kier alpha value is -1.78. The van der Waals surface area contributed by atoms with Crippen LogP contribution in [-0.4, -0.2) is 19.5 Å². The highest BCUT2D eigenvalue weighted by atomic mass is 35.5. The van der Waals surface area contributed by atoms with Crippen molar-refractivity contribution in [1.29, 1.82) is 0 Å². The summed E-state index contributed by atoms with van der Waals surface area (Å²) >= 11 is 5.85. The lowest BCUT2D eigenvalue weighted by molar-refractivity contribution is 0.0956. The minimum Gasteiger partial charge on any atom is -0.448 e. The molecule has 0 radical (unpaired) electrons. The number of carbonyl (C=O) groups excluding carboxylic acids is 1. The van der Waals surface area contributed by atoms with Crippen molar-refractivity contribution >= 4 is 17.5 Å². The zero-order valence-corrected chi connectivity index (χ0v) is 12.5. The maximum atomic E-state index is 12.1. The zero-order chi connectivity index (χ0) is 14.8. The van der Waals surface area contributed by atoms with Gasteiger partial charge in [-0.05, 0) is 60.8 Å². The molecule has 1 aromatic carbocycles. The monoisotopic (exact) mass is 304 g/mol. The summed E-state index contributed by atoms with van der Waals surface area (Å²) in [7, 11) is 1.85. The van der Waals surface area contributed by atoms with E-state index in [1.807, 2.05) is 31.3 Å². The van der Waals surface area contributed by atoms with E-state index in [0.29, 0.717) is 5.22 Å². The molecule has 1 amide bonds. The quantitative estimate of drug-likeness (QED) is 0.917. The molecule has 5 heteroatoms. The number of rotatable bonds is 3. The summed E-state index contributed by atoms with van der Waals surface area (Å²) in [5, 5.41) is 6.49. The molecule has 0 bridgehead atoms. The minimum atomic E-state index is -0.126. The number of carbonyl (C=O) groups is 1. The maximum Gasteiger partial charge on any atom is 0.251 e. The fraction of sp³-hybridized carbons (Fsp3) is 0.312. The number of benzene rings is 1. The second-order valence-corrected chi connectivity index (χ2v) is 5.51. The van der Waals surface area contributed by atoms with Gasteiger partial charge in [-0.25, -0.2) is 0 Å². The third-order valence-electron chi connectivity index (χ3n) is 3.79. The number of furan rings is 1. The molecule has 21 heavy (non-hydrogen) atoms. The number of hydrogen-bond acceptors (Lipinski definition) is 3. The van der Waals surface area contributed by atoms with E-state index in [2.05, 4.69) is 10.6 Å². The van der Waals surface area contributed by atoms with Crippen molar-refractivity contribution in [1.82, 2.24) is 10.6 Å². The fourth-order valence-electron chi connectivity index (χ4n) is 2.74. The predicted molar refractivity (Wildman–Crippen MR) is 81.7 cm³/mol. The van der Waals surface area contributed by atoms with Crippen LogP contribution >= 0.6 is 11.6 Å². The number of aryl methyl sites for hydroxylation is 1.